The Morgan fingerprint density at radius 2 is 2.12 bits per heavy atom. The van der Waals surface area contributed by atoms with Gasteiger partial charge in [-0.1, -0.05) is 0 Å². The fourth-order valence-corrected chi connectivity index (χ4v) is 1.66. The molecular formula is C12H10N4. The van der Waals surface area contributed by atoms with Crippen LogP contribution < -0.4 is 0 Å². The van der Waals surface area contributed by atoms with E-state index in [1.807, 2.05) is 43.7 Å². The van der Waals surface area contributed by atoms with Crippen molar-refractivity contribution in [3.8, 4) is 11.3 Å². The van der Waals surface area contributed by atoms with E-state index in [1.54, 1.807) is 10.7 Å². The molecule has 0 atom stereocenters. The third-order valence-electron chi connectivity index (χ3n) is 2.50. The third kappa shape index (κ3) is 1.35. The van der Waals surface area contributed by atoms with Crippen molar-refractivity contribution in [3.63, 3.8) is 0 Å². The van der Waals surface area contributed by atoms with Crippen molar-refractivity contribution in [2.75, 3.05) is 0 Å². The zero-order chi connectivity index (χ0) is 11.0. The lowest BCUT2D eigenvalue weighted by molar-refractivity contribution is 0.941. The van der Waals surface area contributed by atoms with Crippen LogP contribution in [0.4, 0.5) is 0 Å². The van der Waals surface area contributed by atoms with Crippen LogP contribution in [0.5, 0.6) is 0 Å². The molecule has 0 unspecified atom stereocenters. The maximum absolute atomic E-state index is 4.57. The molecule has 0 saturated carbocycles. The molecule has 0 aliphatic carbocycles. The van der Waals surface area contributed by atoms with Gasteiger partial charge in [-0.2, -0.15) is 5.10 Å². The maximum Gasteiger partial charge on any atom is 0.158 e. The van der Waals surface area contributed by atoms with E-state index in [0.29, 0.717) is 0 Å². The van der Waals surface area contributed by atoms with Gasteiger partial charge in [0.1, 0.15) is 0 Å². The Morgan fingerprint density at radius 3 is 2.94 bits per heavy atom. The Bertz CT molecular complexity index is 628. The van der Waals surface area contributed by atoms with Gasteiger partial charge in [0, 0.05) is 29.7 Å². The highest BCUT2D eigenvalue weighted by molar-refractivity contribution is 5.61. The molecule has 0 amide bonds. The molecule has 3 aromatic rings. The standard InChI is InChI=1S/C12H10N4/c1-9-7-14-16-6-4-11(15-12(9)16)10-3-2-5-13-8-10/h2-8H,1H3. The number of aryl methyl sites for hydroxylation is 1. The van der Waals surface area contributed by atoms with Crippen LogP contribution in [0.1, 0.15) is 5.56 Å². The number of hydrogen-bond donors (Lipinski definition) is 0. The topological polar surface area (TPSA) is 43.1 Å². The van der Waals surface area contributed by atoms with Crippen LogP contribution in [0.3, 0.4) is 0 Å². The summed E-state index contributed by atoms with van der Waals surface area (Å²) >= 11 is 0. The Labute approximate surface area is 92.6 Å². The molecule has 0 saturated heterocycles. The third-order valence-corrected chi connectivity index (χ3v) is 2.50. The molecule has 3 heterocycles. The number of rotatable bonds is 1. The summed E-state index contributed by atoms with van der Waals surface area (Å²) in [5, 5.41) is 4.19. The molecule has 4 nitrogen and oxygen atoms in total. The monoisotopic (exact) mass is 210 g/mol. The summed E-state index contributed by atoms with van der Waals surface area (Å²) < 4.78 is 1.77. The summed E-state index contributed by atoms with van der Waals surface area (Å²) in [6.07, 6.45) is 7.30. The molecule has 0 fully saturated rings. The number of pyridine rings is 1. The van der Waals surface area contributed by atoms with Gasteiger partial charge in [0.2, 0.25) is 0 Å². The Kier molecular flexibility index (Phi) is 1.93. The van der Waals surface area contributed by atoms with Crippen LogP contribution in [0.15, 0.2) is 43.0 Å². The van der Waals surface area contributed by atoms with E-state index in [9.17, 15) is 0 Å². The van der Waals surface area contributed by atoms with Crippen molar-refractivity contribution in [2.45, 2.75) is 6.92 Å². The predicted molar refractivity (Wildman–Crippen MR) is 61.0 cm³/mol. The fourth-order valence-electron chi connectivity index (χ4n) is 1.66. The summed E-state index contributed by atoms with van der Waals surface area (Å²) in [5.74, 6) is 0. The quantitative estimate of drug-likeness (QED) is 0.617. The van der Waals surface area contributed by atoms with Crippen molar-refractivity contribution in [1.29, 1.82) is 0 Å². The largest absolute Gasteiger partial charge is 0.264 e. The van der Waals surface area contributed by atoms with Crippen molar-refractivity contribution >= 4 is 5.65 Å². The van der Waals surface area contributed by atoms with Gasteiger partial charge in [0.25, 0.3) is 0 Å². The van der Waals surface area contributed by atoms with E-state index < -0.39 is 0 Å². The molecule has 3 rings (SSSR count). The van der Waals surface area contributed by atoms with E-state index >= 15 is 0 Å². The average Bonchev–Trinajstić information content (AvgIpc) is 2.72. The fraction of sp³-hybridized carbons (Fsp3) is 0.0833. The highest BCUT2D eigenvalue weighted by Crippen LogP contribution is 2.17. The van der Waals surface area contributed by atoms with Crippen LogP contribution >= 0.6 is 0 Å². The maximum atomic E-state index is 4.57. The summed E-state index contributed by atoms with van der Waals surface area (Å²) in [6.45, 7) is 2.00. The zero-order valence-corrected chi connectivity index (χ0v) is 8.83. The first-order chi connectivity index (χ1) is 7.84. The lowest BCUT2D eigenvalue weighted by Gasteiger charge is -2.00. The molecule has 0 bridgehead atoms. The average molecular weight is 210 g/mol. The van der Waals surface area contributed by atoms with Crippen LogP contribution in [-0.2, 0) is 0 Å². The predicted octanol–water partition coefficient (Wildman–Crippen LogP) is 2.10. The Morgan fingerprint density at radius 1 is 1.19 bits per heavy atom. The van der Waals surface area contributed by atoms with Gasteiger partial charge in [0.05, 0.1) is 11.9 Å². The summed E-state index contributed by atoms with van der Waals surface area (Å²) in [5.41, 5.74) is 3.90. The summed E-state index contributed by atoms with van der Waals surface area (Å²) in [4.78, 5) is 8.65. The second-order valence-electron chi connectivity index (χ2n) is 3.65. The second-order valence-corrected chi connectivity index (χ2v) is 3.65. The first kappa shape index (κ1) is 9.03. The minimum absolute atomic E-state index is 0.890. The normalized spacial score (nSPS) is 10.8. The number of nitrogens with zero attached hydrogens (tertiary/aromatic N) is 4. The molecule has 0 radical (unpaired) electrons. The lowest BCUT2D eigenvalue weighted by atomic mass is 10.2. The summed E-state index contributed by atoms with van der Waals surface area (Å²) in [6, 6.07) is 5.85. The van der Waals surface area contributed by atoms with Gasteiger partial charge in [-0.05, 0) is 25.1 Å². The van der Waals surface area contributed by atoms with Crippen LogP contribution in [-0.4, -0.2) is 19.6 Å². The number of aromatic nitrogens is 4. The molecule has 78 valence electrons. The lowest BCUT2D eigenvalue weighted by Crippen LogP contribution is -1.92. The highest BCUT2D eigenvalue weighted by Gasteiger charge is 2.04. The van der Waals surface area contributed by atoms with E-state index in [4.69, 9.17) is 0 Å². The minimum atomic E-state index is 0.890. The van der Waals surface area contributed by atoms with Gasteiger partial charge >= 0.3 is 0 Å². The van der Waals surface area contributed by atoms with E-state index in [0.717, 1.165) is 22.5 Å². The first-order valence-electron chi connectivity index (χ1n) is 5.06. The van der Waals surface area contributed by atoms with Gasteiger partial charge in [-0.15, -0.1) is 0 Å². The molecule has 16 heavy (non-hydrogen) atoms. The zero-order valence-electron chi connectivity index (χ0n) is 8.83. The first-order valence-corrected chi connectivity index (χ1v) is 5.06. The number of fused-ring (bicyclic) bond motifs is 1. The van der Waals surface area contributed by atoms with Crippen molar-refractivity contribution in [3.05, 3.63) is 48.5 Å². The molecular weight excluding hydrogens is 200 g/mol. The van der Waals surface area contributed by atoms with E-state index in [-0.39, 0.29) is 0 Å². The van der Waals surface area contributed by atoms with Gasteiger partial charge in [0.15, 0.2) is 5.65 Å². The second kappa shape index (κ2) is 3.41. The Hall–Kier alpha value is -2.23. The smallest absolute Gasteiger partial charge is 0.158 e. The van der Waals surface area contributed by atoms with Crippen LogP contribution in [0.25, 0.3) is 16.9 Å². The van der Waals surface area contributed by atoms with Crippen molar-refractivity contribution in [1.82, 2.24) is 19.6 Å². The molecule has 0 N–H and O–H groups in total. The van der Waals surface area contributed by atoms with Crippen LogP contribution in [0.2, 0.25) is 0 Å². The van der Waals surface area contributed by atoms with Gasteiger partial charge < -0.3 is 0 Å². The summed E-state index contributed by atoms with van der Waals surface area (Å²) in [7, 11) is 0. The molecule has 0 spiro atoms. The van der Waals surface area contributed by atoms with Crippen LogP contribution in [0, 0.1) is 6.92 Å². The van der Waals surface area contributed by atoms with Gasteiger partial charge in [-0.25, -0.2) is 9.50 Å². The Balaban J connectivity index is 2.22. The van der Waals surface area contributed by atoms with Crippen molar-refractivity contribution in [2.24, 2.45) is 0 Å². The SMILES string of the molecule is Cc1cnn2ccc(-c3cccnc3)nc12. The van der Waals surface area contributed by atoms with E-state index in [1.165, 1.54) is 0 Å². The highest BCUT2D eigenvalue weighted by atomic mass is 15.2. The molecule has 0 aliphatic heterocycles. The van der Waals surface area contributed by atoms with Crippen molar-refractivity contribution < 1.29 is 0 Å². The molecule has 0 aliphatic rings. The van der Waals surface area contributed by atoms with Gasteiger partial charge in [-0.3, -0.25) is 4.98 Å². The van der Waals surface area contributed by atoms with E-state index in [2.05, 4.69) is 15.1 Å². The molecule has 4 heteroatoms. The molecule has 3 aromatic heterocycles. The minimum Gasteiger partial charge on any atom is -0.264 e. The molecule has 0 aromatic carbocycles. The number of hydrogen-bond acceptors (Lipinski definition) is 3.